The number of aromatic carboxylic acids is 1. The molecule has 1 heterocycles. The summed E-state index contributed by atoms with van der Waals surface area (Å²) in [6, 6.07) is 1.46. The van der Waals surface area contributed by atoms with E-state index in [1.165, 1.54) is 6.26 Å². The summed E-state index contributed by atoms with van der Waals surface area (Å²) in [6.07, 6.45) is 1.34. The molecule has 0 spiro atoms. The first kappa shape index (κ1) is 14.0. The molecule has 0 radical (unpaired) electrons. The average molecular weight is 298 g/mol. The fourth-order valence-corrected chi connectivity index (χ4v) is 2.29. The molecule has 2 rings (SSSR count). The SMILES string of the molecule is Cc1coc(Sc2cc(C(=O)O)c(F)cc2[N+](=O)[O-])n1. The maximum atomic E-state index is 13.5. The number of carboxylic acids is 1. The number of rotatable bonds is 4. The summed E-state index contributed by atoms with van der Waals surface area (Å²) >= 11 is 0.754. The zero-order valence-corrected chi connectivity index (χ0v) is 10.8. The number of benzene rings is 1. The molecule has 0 saturated heterocycles. The number of hydrogen-bond acceptors (Lipinski definition) is 6. The minimum absolute atomic E-state index is 0.0596. The number of oxazole rings is 1. The van der Waals surface area contributed by atoms with Crippen molar-refractivity contribution in [3.63, 3.8) is 0 Å². The Morgan fingerprint density at radius 2 is 2.25 bits per heavy atom. The van der Waals surface area contributed by atoms with E-state index in [1.54, 1.807) is 6.92 Å². The molecule has 20 heavy (non-hydrogen) atoms. The summed E-state index contributed by atoms with van der Waals surface area (Å²) in [5, 5.41) is 19.8. The minimum Gasteiger partial charge on any atom is -0.478 e. The lowest BCUT2D eigenvalue weighted by molar-refractivity contribution is -0.387. The third kappa shape index (κ3) is 2.77. The lowest BCUT2D eigenvalue weighted by atomic mass is 10.2. The number of aryl methyl sites for hydroxylation is 1. The van der Waals surface area contributed by atoms with Crippen LogP contribution in [0.25, 0.3) is 0 Å². The van der Waals surface area contributed by atoms with E-state index < -0.39 is 28.0 Å². The van der Waals surface area contributed by atoms with E-state index in [9.17, 15) is 19.3 Å². The van der Waals surface area contributed by atoms with Crippen LogP contribution in [-0.2, 0) is 0 Å². The molecule has 1 aromatic carbocycles. The Balaban J connectivity index is 2.50. The van der Waals surface area contributed by atoms with Crippen LogP contribution in [0, 0.1) is 22.9 Å². The highest BCUT2D eigenvalue weighted by molar-refractivity contribution is 7.99. The van der Waals surface area contributed by atoms with Gasteiger partial charge < -0.3 is 9.52 Å². The van der Waals surface area contributed by atoms with Crippen molar-refractivity contribution in [1.29, 1.82) is 0 Å². The zero-order valence-electron chi connectivity index (χ0n) is 9.99. The second-order valence-corrected chi connectivity index (χ2v) is 4.71. The molecule has 0 saturated carbocycles. The quantitative estimate of drug-likeness (QED) is 0.683. The topological polar surface area (TPSA) is 106 Å². The molecule has 0 aliphatic rings. The van der Waals surface area contributed by atoms with Gasteiger partial charge in [0.1, 0.15) is 12.1 Å². The van der Waals surface area contributed by atoms with Gasteiger partial charge in [-0.3, -0.25) is 10.1 Å². The Hall–Kier alpha value is -2.42. The van der Waals surface area contributed by atoms with Gasteiger partial charge in [-0.15, -0.1) is 0 Å². The smallest absolute Gasteiger partial charge is 0.338 e. The largest absolute Gasteiger partial charge is 0.478 e. The standard InChI is InChI=1S/C11H7FN2O5S/c1-5-4-19-11(13-5)20-9-2-6(10(15)16)7(12)3-8(9)14(17)18/h2-4H,1H3,(H,15,16). The Labute approximate surface area is 115 Å². The summed E-state index contributed by atoms with van der Waals surface area (Å²) in [7, 11) is 0. The highest BCUT2D eigenvalue weighted by atomic mass is 32.2. The number of hydrogen-bond donors (Lipinski definition) is 1. The van der Waals surface area contributed by atoms with Gasteiger partial charge in [-0.2, -0.15) is 0 Å². The Morgan fingerprint density at radius 3 is 2.75 bits per heavy atom. The molecule has 2 aromatic rings. The van der Waals surface area contributed by atoms with Gasteiger partial charge >= 0.3 is 5.97 Å². The van der Waals surface area contributed by atoms with Crippen molar-refractivity contribution >= 4 is 23.4 Å². The molecular formula is C11H7FN2O5S. The van der Waals surface area contributed by atoms with Gasteiger partial charge in [-0.25, -0.2) is 14.2 Å². The monoisotopic (exact) mass is 298 g/mol. The van der Waals surface area contributed by atoms with E-state index in [0.29, 0.717) is 11.8 Å². The molecule has 0 amide bonds. The van der Waals surface area contributed by atoms with Crippen LogP contribution in [0.4, 0.5) is 10.1 Å². The van der Waals surface area contributed by atoms with Crippen molar-refractivity contribution in [2.24, 2.45) is 0 Å². The van der Waals surface area contributed by atoms with Crippen LogP contribution < -0.4 is 0 Å². The fourth-order valence-electron chi connectivity index (χ4n) is 1.40. The van der Waals surface area contributed by atoms with E-state index in [1.807, 2.05) is 0 Å². The number of aromatic nitrogens is 1. The van der Waals surface area contributed by atoms with Gasteiger partial charge in [0, 0.05) is 0 Å². The number of nitro benzene ring substituents is 1. The lowest BCUT2D eigenvalue weighted by Gasteiger charge is -2.03. The van der Waals surface area contributed by atoms with Crippen LogP contribution in [-0.4, -0.2) is 21.0 Å². The Morgan fingerprint density at radius 1 is 1.55 bits per heavy atom. The average Bonchev–Trinajstić information content (AvgIpc) is 2.76. The van der Waals surface area contributed by atoms with Crippen molar-refractivity contribution in [3.05, 3.63) is 45.6 Å². The van der Waals surface area contributed by atoms with E-state index in [4.69, 9.17) is 9.52 Å². The van der Waals surface area contributed by atoms with Crippen molar-refractivity contribution in [3.8, 4) is 0 Å². The second-order valence-electron chi connectivity index (χ2n) is 3.72. The molecule has 104 valence electrons. The van der Waals surface area contributed by atoms with Crippen molar-refractivity contribution < 1.29 is 23.6 Å². The van der Waals surface area contributed by atoms with Gasteiger partial charge in [-0.1, -0.05) is 0 Å². The normalized spacial score (nSPS) is 10.5. The number of halogens is 1. The zero-order chi connectivity index (χ0) is 14.9. The summed E-state index contributed by atoms with van der Waals surface area (Å²) < 4.78 is 18.5. The number of carbonyl (C=O) groups is 1. The first-order valence-corrected chi connectivity index (χ1v) is 6.01. The first-order chi connectivity index (χ1) is 9.38. The predicted molar refractivity (Wildman–Crippen MR) is 65.4 cm³/mol. The van der Waals surface area contributed by atoms with E-state index >= 15 is 0 Å². The molecule has 0 aliphatic heterocycles. The summed E-state index contributed by atoms with van der Waals surface area (Å²) in [4.78, 5) is 24.8. The highest BCUT2D eigenvalue weighted by Crippen LogP contribution is 2.36. The summed E-state index contributed by atoms with van der Waals surface area (Å²) in [6.45, 7) is 1.66. The molecule has 0 atom stereocenters. The van der Waals surface area contributed by atoms with Crippen molar-refractivity contribution in [2.45, 2.75) is 17.0 Å². The van der Waals surface area contributed by atoms with Crippen LogP contribution in [0.5, 0.6) is 0 Å². The number of nitro groups is 1. The van der Waals surface area contributed by atoms with Crippen LogP contribution in [0.15, 0.2) is 32.9 Å². The minimum atomic E-state index is -1.51. The van der Waals surface area contributed by atoms with Gasteiger partial charge in [0.25, 0.3) is 10.9 Å². The first-order valence-electron chi connectivity index (χ1n) is 5.19. The van der Waals surface area contributed by atoms with Crippen LogP contribution in [0.3, 0.4) is 0 Å². The molecule has 0 unspecified atom stereocenters. The van der Waals surface area contributed by atoms with Crippen molar-refractivity contribution in [2.75, 3.05) is 0 Å². The molecule has 7 nitrogen and oxygen atoms in total. The lowest BCUT2D eigenvalue weighted by Crippen LogP contribution is -2.03. The molecule has 0 fully saturated rings. The Bertz CT molecular complexity index is 700. The molecule has 1 aromatic heterocycles. The highest BCUT2D eigenvalue weighted by Gasteiger charge is 2.23. The van der Waals surface area contributed by atoms with E-state index in [0.717, 1.165) is 17.8 Å². The molecular weight excluding hydrogens is 291 g/mol. The second kappa shape index (κ2) is 5.29. The van der Waals surface area contributed by atoms with Crippen molar-refractivity contribution in [1.82, 2.24) is 4.98 Å². The molecule has 9 heteroatoms. The third-order valence-electron chi connectivity index (χ3n) is 2.27. The molecule has 0 bridgehead atoms. The molecule has 1 N–H and O–H groups in total. The van der Waals surface area contributed by atoms with Gasteiger partial charge in [0.15, 0.2) is 0 Å². The van der Waals surface area contributed by atoms with Crippen LogP contribution in [0.2, 0.25) is 0 Å². The van der Waals surface area contributed by atoms with Crippen LogP contribution in [0.1, 0.15) is 16.1 Å². The summed E-state index contributed by atoms with van der Waals surface area (Å²) in [5.74, 6) is -2.68. The Kier molecular flexibility index (Phi) is 3.70. The maximum Gasteiger partial charge on any atom is 0.338 e. The van der Waals surface area contributed by atoms with Gasteiger partial charge in [0.2, 0.25) is 0 Å². The van der Waals surface area contributed by atoms with Gasteiger partial charge in [-0.05, 0) is 24.8 Å². The van der Waals surface area contributed by atoms with Gasteiger partial charge in [0.05, 0.1) is 27.1 Å². The van der Waals surface area contributed by atoms with E-state index in [-0.39, 0.29) is 10.1 Å². The predicted octanol–water partition coefficient (Wildman–Crippen LogP) is 2.88. The number of carboxylic acid groups (broad SMARTS) is 1. The van der Waals surface area contributed by atoms with E-state index in [2.05, 4.69) is 4.98 Å². The fraction of sp³-hybridized carbons (Fsp3) is 0.0909. The molecule has 0 aliphatic carbocycles. The summed E-state index contributed by atoms with van der Waals surface area (Å²) in [5.41, 5.74) is -0.634. The maximum absolute atomic E-state index is 13.5. The number of nitrogens with zero attached hydrogens (tertiary/aromatic N) is 2. The third-order valence-corrected chi connectivity index (χ3v) is 3.18. The van der Waals surface area contributed by atoms with Crippen LogP contribution >= 0.6 is 11.8 Å².